The zero-order chi connectivity index (χ0) is 16.4. The molecule has 0 bridgehead atoms. The highest BCUT2D eigenvalue weighted by Gasteiger charge is 2.07. The molecule has 0 aromatic carbocycles. The Morgan fingerprint density at radius 3 is 2.17 bits per heavy atom. The quantitative estimate of drug-likeness (QED) is 0.853. The van der Waals surface area contributed by atoms with E-state index in [1.807, 2.05) is 60.8 Å². The molecule has 0 atom stereocenters. The molecule has 0 spiro atoms. The minimum atomic E-state index is 0.685. The van der Waals surface area contributed by atoms with Gasteiger partial charge in [0.05, 0.1) is 34.2 Å². The number of nitrogens with zero attached hydrogens (tertiary/aromatic N) is 4. The van der Waals surface area contributed by atoms with Crippen molar-refractivity contribution in [3.63, 3.8) is 0 Å². The van der Waals surface area contributed by atoms with Crippen LogP contribution in [0, 0.1) is 0 Å². The van der Waals surface area contributed by atoms with Crippen LogP contribution in [-0.4, -0.2) is 27.6 Å². The fraction of sp³-hybridized carbons (Fsp3) is 0. The van der Waals surface area contributed by atoms with Crippen molar-refractivity contribution in [2.75, 3.05) is 0 Å². The lowest BCUT2D eigenvalue weighted by Crippen LogP contribution is -1.89. The van der Waals surface area contributed by atoms with Crippen LogP contribution in [0.2, 0.25) is 0 Å². The van der Waals surface area contributed by atoms with Gasteiger partial charge >= 0.3 is 0 Å². The molecule has 24 heavy (non-hydrogen) atoms. The minimum Gasteiger partial charge on any atom is -0.428 e. The van der Waals surface area contributed by atoms with Crippen molar-refractivity contribution in [3.8, 4) is 0 Å². The molecule has 5 heteroatoms. The summed E-state index contributed by atoms with van der Waals surface area (Å²) in [6, 6.07) is 3.59. The molecule has 3 aliphatic heterocycles. The Morgan fingerprint density at radius 1 is 0.833 bits per heavy atom. The van der Waals surface area contributed by atoms with E-state index in [0.29, 0.717) is 5.69 Å². The second kappa shape index (κ2) is 5.96. The van der Waals surface area contributed by atoms with Gasteiger partial charge in [-0.05, 0) is 66.8 Å². The van der Waals surface area contributed by atoms with Gasteiger partial charge in [0.25, 0.3) is 0 Å². The largest absolute Gasteiger partial charge is 0.428 e. The topological polar surface area (TPSA) is 62.2 Å². The van der Waals surface area contributed by atoms with Gasteiger partial charge in [-0.1, -0.05) is 0 Å². The van der Waals surface area contributed by atoms with Crippen molar-refractivity contribution >= 4 is 23.7 Å². The van der Waals surface area contributed by atoms with Crippen LogP contribution < -0.4 is 0 Å². The first-order chi connectivity index (χ1) is 11.8. The number of hydrogen-bond acceptors (Lipinski definition) is 4. The van der Waals surface area contributed by atoms with Gasteiger partial charge in [-0.15, -0.1) is 0 Å². The van der Waals surface area contributed by atoms with E-state index in [-0.39, 0.29) is 0 Å². The second-order valence-electron chi connectivity index (χ2n) is 5.36. The lowest BCUT2D eigenvalue weighted by molar-refractivity contribution is 0.185. The molecular formula is C19H14N4O. The minimum absolute atomic E-state index is 0.685. The molecule has 5 nitrogen and oxygen atoms in total. The van der Waals surface area contributed by atoms with Crippen molar-refractivity contribution in [1.82, 2.24) is 4.73 Å². The van der Waals surface area contributed by atoms with Crippen LogP contribution in [-0.2, 0) is 0 Å². The third-order valence-corrected chi connectivity index (χ3v) is 3.59. The van der Waals surface area contributed by atoms with Gasteiger partial charge in [-0.25, -0.2) is 9.98 Å². The molecule has 0 radical (unpaired) electrons. The molecule has 0 saturated heterocycles. The Bertz CT molecular complexity index is 945. The normalized spacial score (nSPS) is 23.2. The molecule has 0 aliphatic carbocycles. The number of allylic oxidation sites excluding steroid dienone is 8. The lowest BCUT2D eigenvalue weighted by atomic mass is 10.2. The summed E-state index contributed by atoms with van der Waals surface area (Å²) in [5.74, 6) is 0. The SMILES string of the molecule is On1cccc1C=C1C=CC(C=C2C=CC(C=C3C=CC=N3)=N2)=N1. The first kappa shape index (κ1) is 14.1. The standard InChI is InChI=1S/C19H14N4O/c24-23-10-2-4-19(23)13-18-8-7-17(22-18)12-16-6-5-15(21-16)11-14-3-1-9-20-14/h1-13,24H. The molecule has 4 rings (SSSR count). The van der Waals surface area contributed by atoms with Gasteiger partial charge in [0.2, 0.25) is 0 Å². The Labute approximate surface area is 139 Å². The molecule has 0 saturated carbocycles. The van der Waals surface area contributed by atoms with E-state index in [2.05, 4.69) is 15.0 Å². The van der Waals surface area contributed by atoms with Gasteiger partial charge < -0.3 is 5.21 Å². The van der Waals surface area contributed by atoms with E-state index in [9.17, 15) is 5.21 Å². The monoisotopic (exact) mass is 314 g/mol. The van der Waals surface area contributed by atoms with E-state index in [1.165, 1.54) is 0 Å². The van der Waals surface area contributed by atoms with E-state index in [4.69, 9.17) is 0 Å². The summed E-state index contributed by atoms with van der Waals surface area (Å²) in [6.45, 7) is 0. The van der Waals surface area contributed by atoms with E-state index in [0.717, 1.165) is 33.2 Å². The van der Waals surface area contributed by atoms with Crippen LogP contribution in [0.1, 0.15) is 5.69 Å². The molecule has 116 valence electrons. The summed E-state index contributed by atoms with van der Waals surface area (Å²) in [7, 11) is 0. The zero-order valence-electron chi connectivity index (χ0n) is 12.7. The van der Waals surface area contributed by atoms with E-state index >= 15 is 0 Å². The second-order valence-corrected chi connectivity index (χ2v) is 5.36. The Hall–Kier alpha value is -3.47. The lowest BCUT2D eigenvalue weighted by Gasteiger charge is -1.95. The number of aromatic nitrogens is 1. The zero-order valence-corrected chi connectivity index (χ0v) is 12.7. The molecule has 1 aromatic heterocycles. The van der Waals surface area contributed by atoms with Crippen LogP contribution in [0.4, 0.5) is 0 Å². The van der Waals surface area contributed by atoms with Crippen molar-refractivity contribution < 1.29 is 5.21 Å². The van der Waals surface area contributed by atoms with Crippen LogP contribution in [0.15, 0.2) is 99.0 Å². The van der Waals surface area contributed by atoms with Crippen LogP contribution >= 0.6 is 0 Å². The first-order valence-electron chi connectivity index (χ1n) is 7.52. The van der Waals surface area contributed by atoms with Crippen molar-refractivity contribution in [3.05, 3.63) is 89.7 Å². The third kappa shape index (κ3) is 3.01. The van der Waals surface area contributed by atoms with E-state index in [1.54, 1.807) is 18.5 Å². The highest BCUT2D eigenvalue weighted by atomic mass is 16.5. The molecule has 4 heterocycles. The Kier molecular flexibility index (Phi) is 3.51. The fourth-order valence-electron chi connectivity index (χ4n) is 2.46. The maximum absolute atomic E-state index is 9.59. The molecule has 1 N–H and O–H groups in total. The average Bonchev–Trinajstić information content (AvgIpc) is 3.33. The highest BCUT2D eigenvalue weighted by molar-refractivity contribution is 6.11. The number of aliphatic imine (C=N–C) groups is 3. The third-order valence-electron chi connectivity index (χ3n) is 3.59. The molecule has 0 unspecified atom stereocenters. The van der Waals surface area contributed by atoms with Crippen molar-refractivity contribution in [2.24, 2.45) is 15.0 Å². The van der Waals surface area contributed by atoms with Crippen LogP contribution in [0.25, 0.3) is 6.08 Å². The van der Waals surface area contributed by atoms with Gasteiger partial charge in [0.1, 0.15) is 0 Å². The predicted molar refractivity (Wildman–Crippen MR) is 96.5 cm³/mol. The maximum atomic E-state index is 9.59. The van der Waals surface area contributed by atoms with Crippen molar-refractivity contribution in [2.45, 2.75) is 0 Å². The predicted octanol–water partition coefficient (Wildman–Crippen LogP) is 3.50. The van der Waals surface area contributed by atoms with Crippen LogP contribution in [0.5, 0.6) is 0 Å². The smallest absolute Gasteiger partial charge is 0.0814 e. The molecule has 1 aromatic rings. The maximum Gasteiger partial charge on any atom is 0.0814 e. The molecule has 0 fully saturated rings. The fourth-order valence-corrected chi connectivity index (χ4v) is 2.46. The summed E-state index contributed by atoms with van der Waals surface area (Å²) in [5.41, 5.74) is 4.92. The molecule has 0 amide bonds. The van der Waals surface area contributed by atoms with Gasteiger partial charge in [-0.2, -0.15) is 4.73 Å². The summed E-state index contributed by atoms with van der Waals surface area (Å²) in [6.07, 6.45) is 20.6. The van der Waals surface area contributed by atoms with Crippen LogP contribution in [0.3, 0.4) is 0 Å². The average molecular weight is 314 g/mol. The number of rotatable bonds is 3. The summed E-state index contributed by atoms with van der Waals surface area (Å²) in [5, 5.41) is 9.59. The number of hydrogen-bond donors (Lipinski definition) is 1. The summed E-state index contributed by atoms with van der Waals surface area (Å²) in [4.78, 5) is 13.2. The summed E-state index contributed by atoms with van der Waals surface area (Å²) < 4.78 is 1.07. The molecule has 3 aliphatic rings. The van der Waals surface area contributed by atoms with E-state index < -0.39 is 0 Å². The summed E-state index contributed by atoms with van der Waals surface area (Å²) >= 11 is 0. The Balaban J connectivity index is 1.52. The Morgan fingerprint density at radius 2 is 1.54 bits per heavy atom. The van der Waals surface area contributed by atoms with Crippen molar-refractivity contribution in [1.29, 1.82) is 0 Å². The van der Waals surface area contributed by atoms with Gasteiger partial charge in [0, 0.05) is 12.4 Å². The van der Waals surface area contributed by atoms with Gasteiger partial charge in [-0.3, -0.25) is 4.99 Å². The van der Waals surface area contributed by atoms with Gasteiger partial charge in [0.15, 0.2) is 0 Å². The first-order valence-corrected chi connectivity index (χ1v) is 7.52. The molecular weight excluding hydrogens is 300 g/mol. The highest BCUT2D eigenvalue weighted by Crippen LogP contribution is 2.18.